The van der Waals surface area contributed by atoms with Crippen LogP contribution in [-0.2, 0) is 6.54 Å². The third-order valence-corrected chi connectivity index (χ3v) is 7.33. The number of ether oxygens (including phenoxy) is 2. The molecule has 1 N–H and O–H groups in total. The third-order valence-electron chi connectivity index (χ3n) is 7.02. The molecule has 38 heavy (non-hydrogen) atoms. The predicted octanol–water partition coefficient (Wildman–Crippen LogP) is 5.91. The number of hydrogen-bond donors (Lipinski definition) is 1. The Morgan fingerprint density at radius 1 is 1.05 bits per heavy atom. The Kier molecular flexibility index (Phi) is 6.74. The fourth-order valence-electron chi connectivity index (χ4n) is 4.98. The van der Waals surface area contributed by atoms with E-state index in [1.165, 1.54) is 0 Å². The van der Waals surface area contributed by atoms with E-state index in [9.17, 15) is 0 Å². The lowest BCUT2D eigenvalue weighted by atomic mass is 10.1. The fourth-order valence-corrected chi connectivity index (χ4v) is 5.25. The van der Waals surface area contributed by atoms with Gasteiger partial charge < -0.3 is 24.3 Å². The van der Waals surface area contributed by atoms with Gasteiger partial charge in [0.05, 0.1) is 40.8 Å². The average molecular weight is 529 g/mol. The molecule has 1 saturated heterocycles. The summed E-state index contributed by atoms with van der Waals surface area (Å²) >= 11 is 6.66. The molecule has 0 bridgehead atoms. The van der Waals surface area contributed by atoms with E-state index in [0.717, 1.165) is 64.9 Å². The number of benzene rings is 2. The van der Waals surface area contributed by atoms with Crippen LogP contribution >= 0.6 is 11.6 Å². The number of halogens is 1. The SMILES string of the molecule is COc1cc(OC2CCN(C)CC2)c2c(Nc3ccc4c(c3)c(Cl)cn4Cc3ccccn3)ncnc2c1. The molecule has 5 aromatic rings. The molecule has 6 rings (SSSR count). The van der Waals surface area contributed by atoms with E-state index in [0.29, 0.717) is 23.1 Å². The number of anilines is 2. The summed E-state index contributed by atoms with van der Waals surface area (Å²) in [6, 6.07) is 15.9. The van der Waals surface area contributed by atoms with Gasteiger partial charge in [0.1, 0.15) is 29.7 Å². The smallest absolute Gasteiger partial charge is 0.145 e. The Morgan fingerprint density at radius 2 is 1.92 bits per heavy atom. The average Bonchev–Trinajstić information content (AvgIpc) is 3.24. The molecule has 0 unspecified atom stereocenters. The van der Waals surface area contributed by atoms with Gasteiger partial charge in [-0.1, -0.05) is 17.7 Å². The molecule has 4 heterocycles. The first kappa shape index (κ1) is 24.5. The second-order valence-electron chi connectivity index (χ2n) is 9.65. The maximum atomic E-state index is 6.66. The molecule has 3 aromatic heterocycles. The van der Waals surface area contributed by atoms with Gasteiger partial charge in [-0.3, -0.25) is 4.98 Å². The highest BCUT2D eigenvalue weighted by molar-refractivity contribution is 6.35. The number of nitrogens with one attached hydrogen (secondary N) is 1. The van der Waals surface area contributed by atoms with Gasteiger partial charge in [0.15, 0.2) is 0 Å². The normalized spacial score (nSPS) is 14.7. The summed E-state index contributed by atoms with van der Waals surface area (Å²) in [7, 11) is 3.79. The topological polar surface area (TPSA) is 77.3 Å². The Balaban J connectivity index is 1.34. The second-order valence-corrected chi connectivity index (χ2v) is 10.1. The predicted molar refractivity (Wildman–Crippen MR) is 151 cm³/mol. The largest absolute Gasteiger partial charge is 0.497 e. The van der Waals surface area contributed by atoms with E-state index in [1.807, 2.05) is 48.7 Å². The maximum absolute atomic E-state index is 6.66. The Hall–Kier alpha value is -3.88. The summed E-state index contributed by atoms with van der Waals surface area (Å²) in [6.07, 6.45) is 7.37. The molecule has 0 saturated carbocycles. The lowest BCUT2D eigenvalue weighted by molar-refractivity contribution is 0.115. The zero-order chi connectivity index (χ0) is 26.1. The number of likely N-dealkylation sites (tertiary alicyclic amines) is 1. The van der Waals surface area contributed by atoms with E-state index in [-0.39, 0.29) is 6.10 Å². The van der Waals surface area contributed by atoms with Crippen LogP contribution in [0.3, 0.4) is 0 Å². The van der Waals surface area contributed by atoms with Gasteiger partial charge in [-0.2, -0.15) is 0 Å². The molecule has 8 nitrogen and oxygen atoms in total. The minimum Gasteiger partial charge on any atom is -0.497 e. The monoisotopic (exact) mass is 528 g/mol. The van der Waals surface area contributed by atoms with Crippen molar-refractivity contribution in [2.24, 2.45) is 0 Å². The molecule has 2 aromatic carbocycles. The molecular weight excluding hydrogens is 500 g/mol. The van der Waals surface area contributed by atoms with E-state index >= 15 is 0 Å². The van der Waals surface area contributed by atoms with E-state index in [4.69, 9.17) is 21.1 Å². The zero-order valence-electron chi connectivity index (χ0n) is 21.4. The minimum atomic E-state index is 0.128. The number of aromatic nitrogens is 4. The van der Waals surface area contributed by atoms with Crippen molar-refractivity contribution in [3.63, 3.8) is 0 Å². The van der Waals surface area contributed by atoms with Crippen molar-refractivity contribution in [3.8, 4) is 11.5 Å². The van der Waals surface area contributed by atoms with Gasteiger partial charge in [0, 0.05) is 48.7 Å². The highest BCUT2D eigenvalue weighted by Gasteiger charge is 2.21. The van der Waals surface area contributed by atoms with Crippen LogP contribution in [0, 0.1) is 0 Å². The zero-order valence-corrected chi connectivity index (χ0v) is 22.2. The van der Waals surface area contributed by atoms with Crippen LogP contribution in [0.5, 0.6) is 11.5 Å². The maximum Gasteiger partial charge on any atom is 0.145 e. The van der Waals surface area contributed by atoms with Gasteiger partial charge in [-0.15, -0.1) is 0 Å². The quantitative estimate of drug-likeness (QED) is 0.281. The molecule has 0 aliphatic carbocycles. The van der Waals surface area contributed by atoms with Crippen LogP contribution in [0.4, 0.5) is 11.5 Å². The molecule has 194 valence electrons. The van der Waals surface area contributed by atoms with Crippen molar-refractivity contribution in [1.29, 1.82) is 0 Å². The molecule has 0 atom stereocenters. The van der Waals surface area contributed by atoms with E-state index in [2.05, 4.69) is 42.8 Å². The molecule has 1 aliphatic heterocycles. The number of fused-ring (bicyclic) bond motifs is 2. The van der Waals surface area contributed by atoms with Crippen LogP contribution in [-0.4, -0.2) is 57.8 Å². The van der Waals surface area contributed by atoms with Gasteiger partial charge in [0.25, 0.3) is 0 Å². The van der Waals surface area contributed by atoms with Crippen molar-refractivity contribution < 1.29 is 9.47 Å². The molecule has 1 aliphatic rings. The Bertz CT molecular complexity index is 1580. The van der Waals surface area contributed by atoms with Gasteiger partial charge in [0.2, 0.25) is 0 Å². The summed E-state index contributed by atoms with van der Waals surface area (Å²) < 4.78 is 14.2. The van der Waals surface area contributed by atoms with Crippen LogP contribution < -0.4 is 14.8 Å². The second kappa shape index (κ2) is 10.5. The first-order valence-electron chi connectivity index (χ1n) is 12.7. The lowest BCUT2D eigenvalue weighted by Crippen LogP contribution is -2.35. The summed E-state index contributed by atoms with van der Waals surface area (Å²) in [4.78, 5) is 15.9. The van der Waals surface area contributed by atoms with Crippen molar-refractivity contribution >= 4 is 44.9 Å². The summed E-state index contributed by atoms with van der Waals surface area (Å²) in [5.41, 5.74) is 3.64. The van der Waals surface area contributed by atoms with Crippen molar-refractivity contribution in [3.05, 3.63) is 78.0 Å². The number of hydrogen-bond acceptors (Lipinski definition) is 7. The molecular formula is C29H29ClN6O2. The molecule has 1 fully saturated rings. The van der Waals surface area contributed by atoms with Crippen molar-refractivity contribution in [2.45, 2.75) is 25.5 Å². The first-order chi connectivity index (χ1) is 18.6. The van der Waals surface area contributed by atoms with Gasteiger partial charge in [-0.25, -0.2) is 9.97 Å². The fraction of sp³-hybridized carbons (Fsp3) is 0.276. The number of pyridine rings is 1. The summed E-state index contributed by atoms with van der Waals surface area (Å²) in [5, 5.41) is 5.95. The number of piperidine rings is 1. The standard InChI is InChI=1S/C29H29ClN6O2/c1-35-11-8-21(9-12-35)38-27-15-22(37-2)14-25-28(27)29(33-18-32-25)34-19-6-7-26-23(13-19)24(30)17-36(26)16-20-5-3-4-10-31-20/h3-7,10,13-15,17-18,21H,8-9,11-12,16H2,1-2H3,(H,32,33,34). The summed E-state index contributed by atoms with van der Waals surface area (Å²) in [6.45, 7) is 2.66. The molecule has 9 heteroatoms. The van der Waals surface area contributed by atoms with Crippen molar-refractivity contribution in [1.82, 2.24) is 24.4 Å². The third kappa shape index (κ3) is 4.97. The summed E-state index contributed by atoms with van der Waals surface area (Å²) in [5.74, 6) is 2.09. The van der Waals surface area contributed by atoms with Gasteiger partial charge in [-0.05, 0) is 50.2 Å². The first-order valence-corrected chi connectivity index (χ1v) is 13.1. The van der Waals surface area contributed by atoms with E-state index in [1.54, 1.807) is 19.6 Å². The lowest BCUT2D eigenvalue weighted by Gasteiger charge is -2.29. The van der Waals surface area contributed by atoms with Gasteiger partial charge >= 0.3 is 0 Å². The van der Waals surface area contributed by atoms with E-state index < -0.39 is 0 Å². The number of rotatable bonds is 7. The Morgan fingerprint density at radius 3 is 2.71 bits per heavy atom. The molecule has 0 amide bonds. The van der Waals surface area contributed by atoms with Crippen LogP contribution in [0.25, 0.3) is 21.8 Å². The van der Waals surface area contributed by atoms with Crippen LogP contribution in [0.15, 0.2) is 67.3 Å². The number of methoxy groups -OCH3 is 1. The highest BCUT2D eigenvalue weighted by Crippen LogP contribution is 2.37. The number of nitrogens with zero attached hydrogens (tertiary/aromatic N) is 5. The minimum absolute atomic E-state index is 0.128. The molecule has 0 radical (unpaired) electrons. The van der Waals surface area contributed by atoms with Crippen molar-refractivity contribution in [2.75, 3.05) is 32.6 Å². The van der Waals surface area contributed by atoms with Crippen LogP contribution in [0.2, 0.25) is 5.02 Å². The van der Waals surface area contributed by atoms with Crippen LogP contribution in [0.1, 0.15) is 18.5 Å². The highest BCUT2D eigenvalue weighted by atomic mass is 35.5. The molecule has 0 spiro atoms. The Labute approximate surface area is 226 Å².